The monoisotopic (exact) mass is 654 g/mol. The SMILES string of the molecule is [Ag].[O-]N[O-].c1ccc([PH+](c2ccccc2)[c-]2cccc2)cc1.c1ccc([PH+](c2ccccc2)[c-]2cccc2)cc1. The fraction of sp³-hybridized carbons (Fsp3) is 0. The normalized spacial score (nSPS) is 10.1. The summed E-state index contributed by atoms with van der Waals surface area (Å²) in [5.41, 5.74) is 0.250. The van der Waals surface area contributed by atoms with Crippen LogP contribution in [0.15, 0.2) is 170 Å². The van der Waals surface area contributed by atoms with Crippen molar-refractivity contribution >= 4 is 47.7 Å². The van der Waals surface area contributed by atoms with Gasteiger partial charge in [-0.15, -0.1) is 24.3 Å². The van der Waals surface area contributed by atoms with Gasteiger partial charge in [0.2, 0.25) is 0 Å². The average Bonchev–Trinajstić information content (AvgIpc) is 3.72. The third kappa shape index (κ3) is 9.04. The van der Waals surface area contributed by atoms with Crippen molar-refractivity contribution in [3.63, 3.8) is 0 Å². The molecule has 1 N–H and O–H groups in total. The van der Waals surface area contributed by atoms with Crippen molar-refractivity contribution in [2.75, 3.05) is 0 Å². The van der Waals surface area contributed by atoms with Crippen LogP contribution in [0.2, 0.25) is 0 Å². The molecule has 0 fully saturated rings. The topological polar surface area (TPSA) is 58.1 Å². The van der Waals surface area contributed by atoms with Crippen molar-refractivity contribution < 1.29 is 22.4 Å². The van der Waals surface area contributed by atoms with E-state index < -0.39 is 15.8 Å². The van der Waals surface area contributed by atoms with Crippen LogP contribution >= 0.6 is 15.8 Å². The van der Waals surface area contributed by atoms with Gasteiger partial charge in [0.05, 0.1) is 21.2 Å². The Morgan fingerprint density at radius 1 is 0.375 bits per heavy atom. The molecule has 0 bridgehead atoms. The molecule has 6 heteroatoms. The Labute approximate surface area is 254 Å². The van der Waals surface area contributed by atoms with Gasteiger partial charge in [-0.3, -0.25) is 0 Å². The molecule has 0 aliphatic heterocycles. The van der Waals surface area contributed by atoms with Gasteiger partial charge in [-0.05, 0) is 59.1 Å². The second kappa shape index (κ2) is 17.7. The summed E-state index contributed by atoms with van der Waals surface area (Å²) in [6.45, 7) is 0. The molecule has 3 nitrogen and oxygen atoms in total. The summed E-state index contributed by atoms with van der Waals surface area (Å²) in [4.78, 5) is 0. The molecular formula is C34H31AgNO2P2-2. The first-order chi connectivity index (χ1) is 19.3. The molecule has 6 aromatic rings. The molecule has 0 aromatic heterocycles. The molecular weight excluding hydrogens is 624 g/mol. The van der Waals surface area contributed by atoms with Crippen molar-refractivity contribution in [1.29, 1.82) is 0 Å². The van der Waals surface area contributed by atoms with Crippen molar-refractivity contribution in [3.05, 3.63) is 180 Å². The quantitative estimate of drug-likeness (QED) is 0.114. The Morgan fingerprint density at radius 2 is 0.575 bits per heavy atom. The summed E-state index contributed by atoms with van der Waals surface area (Å²) < 4.78 is 0. The summed E-state index contributed by atoms with van der Waals surface area (Å²) in [7, 11) is -1.67. The molecule has 0 aliphatic carbocycles. The molecule has 0 aliphatic rings. The Balaban J connectivity index is 0.000000197. The van der Waals surface area contributed by atoms with E-state index in [9.17, 15) is 0 Å². The van der Waals surface area contributed by atoms with Crippen LogP contribution in [0, 0.1) is 10.4 Å². The number of benzene rings is 4. The smallest absolute Gasteiger partial charge is 0.0908 e. The first kappa shape index (κ1) is 31.6. The van der Waals surface area contributed by atoms with Crippen molar-refractivity contribution in [1.82, 2.24) is 5.64 Å². The van der Waals surface area contributed by atoms with Crippen molar-refractivity contribution in [2.24, 2.45) is 0 Å². The maximum atomic E-state index is 8.12. The molecule has 0 amide bonds. The van der Waals surface area contributed by atoms with Gasteiger partial charge in [0.15, 0.2) is 0 Å². The molecule has 0 saturated carbocycles. The largest absolute Gasteiger partial charge is 0.800 e. The third-order valence-electron chi connectivity index (χ3n) is 6.15. The van der Waals surface area contributed by atoms with Gasteiger partial charge in [-0.25, -0.2) is 24.3 Å². The average molecular weight is 655 g/mol. The molecule has 0 unspecified atom stereocenters. The zero-order valence-electron chi connectivity index (χ0n) is 21.8. The van der Waals surface area contributed by atoms with Crippen molar-refractivity contribution in [2.45, 2.75) is 0 Å². The molecule has 6 aromatic carbocycles. The van der Waals surface area contributed by atoms with E-state index in [-0.39, 0.29) is 28.0 Å². The number of hydrogen-bond donors (Lipinski definition) is 1. The summed E-state index contributed by atoms with van der Waals surface area (Å²) in [5, 5.41) is 24.9. The fourth-order valence-corrected chi connectivity index (χ4v) is 9.66. The standard InChI is InChI=1S/2C17H15P.Ag.HNO2/c2*1-3-9-15(10-4-1)18(17-13-7-8-14-17)16-11-5-2-6-12-16;;2-1-3/h2*1-14,18H;;1H/q;;;-2. The van der Waals surface area contributed by atoms with E-state index >= 15 is 0 Å². The predicted octanol–water partition coefficient (Wildman–Crippen LogP) is 5.36. The van der Waals surface area contributed by atoms with Crippen LogP contribution in [0.25, 0.3) is 0 Å². The molecule has 6 rings (SSSR count). The minimum Gasteiger partial charge on any atom is -0.800 e. The van der Waals surface area contributed by atoms with E-state index in [1.807, 2.05) is 0 Å². The maximum Gasteiger partial charge on any atom is 0.0908 e. The second-order valence-corrected chi connectivity index (χ2v) is 13.6. The van der Waals surface area contributed by atoms with E-state index in [0.717, 1.165) is 0 Å². The summed E-state index contributed by atoms with van der Waals surface area (Å²) >= 11 is 0. The van der Waals surface area contributed by atoms with Gasteiger partial charge in [0.1, 0.15) is 0 Å². The Kier molecular flexibility index (Phi) is 14.0. The van der Waals surface area contributed by atoms with Gasteiger partial charge in [0, 0.05) is 38.2 Å². The molecule has 0 heterocycles. The summed E-state index contributed by atoms with van der Waals surface area (Å²) in [6, 6.07) is 60.8. The van der Waals surface area contributed by atoms with Crippen LogP contribution in [0.3, 0.4) is 0 Å². The molecule has 0 atom stereocenters. The molecule has 1 radical (unpaired) electrons. The molecule has 207 valence electrons. The second-order valence-electron chi connectivity index (χ2n) is 8.64. The van der Waals surface area contributed by atoms with Gasteiger partial charge in [0.25, 0.3) is 0 Å². The zero-order chi connectivity index (χ0) is 27.1. The fourth-order valence-electron chi connectivity index (χ4n) is 4.50. The minimum absolute atomic E-state index is 0. The van der Waals surface area contributed by atoms with Crippen LogP contribution < -0.4 is 37.5 Å². The third-order valence-corrected chi connectivity index (χ3v) is 11.6. The van der Waals surface area contributed by atoms with Gasteiger partial charge in [-0.1, -0.05) is 72.8 Å². The first-order valence-corrected chi connectivity index (χ1v) is 15.7. The summed E-state index contributed by atoms with van der Waals surface area (Å²) in [6.07, 6.45) is 0. The van der Waals surface area contributed by atoms with E-state index in [2.05, 4.69) is 170 Å². The van der Waals surface area contributed by atoms with Gasteiger partial charge in [-0.2, -0.15) is 0 Å². The Hall–Kier alpha value is -2.94. The van der Waals surface area contributed by atoms with E-state index in [0.29, 0.717) is 0 Å². The Bertz CT molecular complexity index is 1240. The predicted molar refractivity (Wildman–Crippen MR) is 174 cm³/mol. The molecule has 40 heavy (non-hydrogen) atoms. The number of rotatable bonds is 6. The van der Waals surface area contributed by atoms with Gasteiger partial charge >= 0.3 is 0 Å². The van der Waals surface area contributed by atoms with Crippen LogP contribution in [0.1, 0.15) is 0 Å². The van der Waals surface area contributed by atoms with E-state index in [4.69, 9.17) is 10.4 Å². The minimum atomic E-state index is -0.834. The zero-order valence-corrected chi connectivity index (χ0v) is 25.3. The number of nitrogens with one attached hydrogen (secondary N) is 1. The van der Waals surface area contributed by atoms with Crippen LogP contribution in [-0.4, -0.2) is 0 Å². The Morgan fingerprint density at radius 3 is 0.775 bits per heavy atom. The van der Waals surface area contributed by atoms with Gasteiger partial charge < -0.3 is 16.1 Å². The first-order valence-electron chi connectivity index (χ1n) is 12.7. The molecule has 0 saturated heterocycles. The van der Waals surface area contributed by atoms with Crippen LogP contribution in [-0.2, 0) is 22.4 Å². The van der Waals surface area contributed by atoms with Crippen LogP contribution in [0.4, 0.5) is 0 Å². The van der Waals surface area contributed by atoms with Crippen molar-refractivity contribution in [3.8, 4) is 0 Å². The van der Waals surface area contributed by atoms with Crippen LogP contribution in [0.5, 0.6) is 0 Å². The van der Waals surface area contributed by atoms with E-state index in [1.54, 1.807) is 0 Å². The number of hydrogen-bond acceptors (Lipinski definition) is 3. The maximum absolute atomic E-state index is 8.12. The summed E-state index contributed by atoms with van der Waals surface area (Å²) in [5.74, 6) is 0. The molecule has 0 spiro atoms. The van der Waals surface area contributed by atoms with E-state index in [1.165, 1.54) is 31.8 Å².